The van der Waals surface area contributed by atoms with E-state index < -0.39 is 0 Å². The van der Waals surface area contributed by atoms with Gasteiger partial charge in [0.2, 0.25) is 0 Å². The first-order valence-electron chi connectivity index (χ1n) is 9.98. The first-order chi connectivity index (χ1) is 14.4. The van der Waals surface area contributed by atoms with Gasteiger partial charge < -0.3 is 14.4 Å². The lowest BCUT2D eigenvalue weighted by Gasteiger charge is -2.21. The number of anilines is 1. The lowest BCUT2D eigenvalue weighted by atomic mass is 10.2. The predicted octanol–water partition coefficient (Wildman–Crippen LogP) is 4.71. The number of rotatable bonds is 9. The van der Waals surface area contributed by atoms with Crippen molar-refractivity contribution in [3.63, 3.8) is 0 Å². The van der Waals surface area contributed by atoms with Crippen LogP contribution in [0.1, 0.15) is 17.5 Å². The summed E-state index contributed by atoms with van der Waals surface area (Å²) in [7, 11) is 5.69. The van der Waals surface area contributed by atoms with Gasteiger partial charge in [-0.1, -0.05) is 35.6 Å². The highest BCUT2D eigenvalue weighted by Crippen LogP contribution is 2.36. The molecule has 0 spiro atoms. The zero-order valence-corrected chi connectivity index (χ0v) is 20.3. The Morgan fingerprint density at radius 3 is 2.45 bits per heavy atom. The Labute approximate surface area is 194 Å². The number of hydrogen-bond donors (Lipinski definition) is 0. The number of amides is 1. The van der Waals surface area contributed by atoms with Crippen molar-refractivity contribution < 1.29 is 14.3 Å². The molecule has 0 N–H and O–H groups in total. The van der Waals surface area contributed by atoms with E-state index in [4.69, 9.17) is 14.5 Å². The first-order valence-corrected chi connectivity index (χ1v) is 10.8. The molecule has 0 aliphatic heterocycles. The number of aromatic nitrogens is 1. The van der Waals surface area contributed by atoms with E-state index in [2.05, 4.69) is 4.90 Å². The SMILES string of the molecule is COc1ccc(C)c2sc(N(CCCN(C)C)C(=O)COc3ccccc3C)nc12.Cl. The van der Waals surface area contributed by atoms with Crippen molar-refractivity contribution in [1.82, 2.24) is 9.88 Å². The molecule has 0 saturated heterocycles. The number of thiazole rings is 1. The molecule has 3 aromatic rings. The van der Waals surface area contributed by atoms with Crippen LogP contribution in [-0.4, -0.2) is 56.7 Å². The van der Waals surface area contributed by atoms with E-state index in [1.807, 2.05) is 64.3 Å². The molecule has 0 fully saturated rings. The van der Waals surface area contributed by atoms with Crippen molar-refractivity contribution in [2.45, 2.75) is 20.3 Å². The number of carbonyl (C=O) groups excluding carboxylic acids is 1. The maximum Gasteiger partial charge on any atom is 0.266 e. The highest BCUT2D eigenvalue weighted by atomic mass is 35.5. The molecule has 168 valence electrons. The van der Waals surface area contributed by atoms with Crippen LogP contribution in [0, 0.1) is 13.8 Å². The van der Waals surface area contributed by atoms with Crippen molar-refractivity contribution in [3.05, 3.63) is 47.5 Å². The minimum absolute atomic E-state index is 0. The third kappa shape index (κ3) is 6.09. The number of carbonyl (C=O) groups is 1. The molecule has 0 atom stereocenters. The molecule has 0 radical (unpaired) electrons. The number of para-hydroxylation sites is 1. The first kappa shape index (κ1) is 24.9. The largest absolute Gasteiger partial charge is 0.494 e. The quantitative estimate of drug-likeness (QED) is 0.460. The summed E-state index contributed by atoms with van der Waals surface area (Å²) in [5.41, 5.74) is 2.92. The molecule has 0 unspecified atom stereocenters. The molecule has 0 bridgehead atoms. The zero-order valence-electron chi connectivity index (χ0n) is 18.7. The van der Waals surface area contributed by atoms with Gasteiger partial charge in [-0.3, -0.25) is 9.69 Å². The van der Waals surface area contributed by atoms with E-state index in [9.17, 15) is 4.79 Å². The lowest BCUT2D eigenvalue weighted by molar-refractivity contribution is -0.120. The fourth-order valence-electron chi connectivity index (χ4n) is 3.19. The second kappa shape index (κ2) is 11.3. The van der Waals surface area contributed by atoms with Gasteiger partial charge in [-0.2, -0.15) is 0 Å². The zero-order chi connectivity index (χ0) is 21.7. The van der Waals surface area contributed by atoms with Crippen LogP contribution in [0.3, 0.4) is 0 Å². The third-order valence-corrected chi connectivity index (χ3v) is 6.09. The number of methoxy groups -OCH3 is 1. The van der Waals surface area contributed by atoms with Crippen LogP contribution in [0.15, 0.2) is 36.4 Å². The maximum atomic E-state index is 13.1. The van der Waals surface area contributed by atoms with Gasteiger partial charge in [-0.05, 0) is 64.2 Å². The van der Waals surface area contributed by atoms with Gasteiger partial charge in [0.25, 0.3) is 5.91 Å². The summed E-state index contributed by atoms with van der Waals surface area (Å²) in [6.45, 7) is 5.45. The van der Waals surface area contributed by atoms with Crippen LogP contribution < -0.4 is 14.4 Å². The van der Waals surface area contributed by atoms with Gasteiger partial charge in [0, 0.05) is 6.54 Å². The Morgan fingerprint density at radius 2 is 1.77 bits per heavy atom. The molecule has 8 heteroatoms. The van der Waals surface area contributed by atoms with Gasteiger partial charge in [0.15, 0.2) is 11.7 Å². The van der Waals surface area contributed by atoms with Crippen LogP contribution in [0.5, 0.6) is 11.5 Å². The second-order valence-corrected chi connectivity index (χ2v) is 8.49. The van der Waals surface area contributed by atoms with E-state index in [-0.39, 0.29) is 24.9 Å². The van der Waals surface area contributed by atoms with Gasteiger partial charge in [-0.15, -0.1) is 12.4 Å². The molecule has 3 rings (SSSR count). The highest BCUT2D eigenvalue weighted by Gasteiger charge is 2.22. The Bertz CT molecular complexity index is 1020. The van der Waals surface area contributed by atoms with Gasteiger partial charge in [-0.25, -0.2) is 4.98 Å². The minimum Gasteiger partial charge on any atom is -0.494 e. The molecular formula is C23H30ClN3O3S. The van der Waals surface area contributed by atoms with Crippen LogP contribution in [0.4, 0.5) is 5.13 Å². The lowest BCUT2D eigenvalue weighted by Crippen LogP contribution is -2.36. The van der Waals surface area contributed by atoms with E-state index in [0.29, 0.717) is 11.7 Å². The van der Waals surface area contributed by atoms with Crippen LogP contribution in [0.2, 0.25) is 0 Å². The number of ether oxygens (including phenoxy) is 2. The number of aryl methyl sites for hydroxylation is 2. The fraction of sp³-hybridized carbons (Fsp3) is 0.391. The van der Waals surface area contributed by atoms with Gasteiger partial charge >= 0.3 is 0 Å². The Kier molecular flexibility index (Phi) is 9.10. The number of fused-ring (bicyclic) bond motifs is 1. The molecule has 6 nitrogen and oxygen atoms in total. The summed E-state index contributed by atoms with van der Waals surface area (Å²) in [6, 6.07) is 11.6. The second-order valence-electron chi connectivity index (χ2n) is 7.52. The minimum atomic E-state index is -0.104. The van der Waals surface area contributed by atoms with E-state index in [1.165, 1.54) is 11.3 Å². The fourth-order valence-corrected chi connectivity index (χ4v) is 4.28. The Balaban J connectivity index is 0.00000341. The number of nitrogens with zero attached hydrogens (tertiary/aromatic N) is 3. The smallest absolute Gasteiger partial charge is 0.266 e. The molecule has 0 saturated carbocycles. The summed E-state index contributed by atoms with van der Waals surface area (Å²) >= 11 is 1.52. The van der Waals surface area contributed by atoms with Crippen molar-refractivity contribution >= 4 is 45.0 Å². The normalized spacial score (nSPS) is 10.8. The van der Waals surface area contributed by atoms with E-state index in [1.54, 1.807) is 12.0 Å². The standard InChI is InChI=1S/C23H29N3O3S.ClH/c1-16-9-6-7-10-18(16)29-15-20(27)26(14-8-13-25(3)4)23-24-21-19(28-5)12-11-17(2)22(21)30-23;/h6-7,9-12H,8,13-15H2,1-5H3;1H. The van der Waals surface area contributed by atoms with Crippen molar-refractivity contribution in [3.8, 4) is 11.5 Å². The molecular weight excluding hydrogens is 434 g/mol. The molecule has 1 aromatic heterocycles. The van der Waals surface area contributed by atoms with E-state index in [0.717, 1.165) is 45.8 Å². The monoisotopic (exact) mass is 463 g/mol. The van der Waals surface area contributed by atoms with Crippen LogP contribution >= 0.6 is 23.7 Å². The van der Waals surface area contributed by atoms with Crippen LogP contribution in [0.25, 0.3) is 10.2 Å². The topological polar surface area (TPSA) is 54.9 Å². The van der Waals surface area contributed by atoms with Gasteiger partial charge in [0.05, 0.1) is 11.8 Å². The molecule has 2 aromatic carbocycles. The molecule has 0 aliphatic rings. The summed E-state index contributed by atoms with van der Waals surface area (Å²) < 4.78 is 12.3. The summed E-state index contributed by atoms with van der Waals surface area (Å²) in [5.74, 6) is 1.34. The number of hydrogen-bond acceptors (Lipinski definition) is 6. The number of benzene rings is 2. The predicted molar refractivity (Wildman–Crippen MR) is 130 cm³/mol. The molecule has 31 heavy (non-hydrogen) atoms. The maximum absolute atomic E-state index is 13.1. The van der Waals surface area contributed by atoms with Crippen molar-refractivity contribution in [1.29, 1.82) is 0 Å². The van der Waals surface area contributed by atoms with E-state index >= 15 is 0 Å². The number of halogens is 1. The summed E-state index contributed by atoms with van der Waals surface area (Å²) in [4.78, 5) is 21.8. The third-order valence-electron chi connectivity index (χ3n) is 4.88. The Morgan fingerprint density at radius 1 is 1.03 bits per heavy atom. The molecule has 0 aliphatic carbocycles. The van der Waals surface area contributed by atoms with Gasteiger partial charge in [0.1, 0.15) is 17.0 Å². The van der Waals surface area contributed by atoms with Crippen molar-refractivity contribution in [2.24, 2.45) is 0 Å². The Hall–Kier alpha value is -2.35. The average molecular weight is 464 g/mol. The summed E-state index contributed by atoms with van der Waals surface area (Å²) in [6.07, 6.45) is 0.842. The summed E-state index contributed by atoms with van der Waals surface area (Å²) in [5, 5.41) is 0.676. The molecule has 1 amide bonds. The highest BCUT2D eigenvalue weighted by molar-refractivity contribution is 7.22. The molecule has 1 heterocycles. The van der Waals surface area contributed by atoms with Crippen LogP contribution in [-0.2, 0) is 4.79 Å². The van der Waals surface area contributed by atoms with Crippen molar-refractivity contribution in [2.75, 3.05) is 45.8 Å². The average Bonchev–Trinajstić information content (AvgIpc) is 3.16.